The summed E-state index contributed by atoms with van der Waals surface area (Å²) in [5.41, 5.74) is 9.58. The largest absolute Gasteiger partial charge is 0.374 e. The Balaban J connectivity index is 2.65. The minimum atomic E-state index is 0.650. The fourth-order valence-electron chi connectivity index (χ4n) is 1.91. The van der Waals surface area contributed by atoms with Crippen molar-refractivity contribution < 1.29 is 0 Å². The molecule has 16 heavy (non-hydrogen) atoms. The van der Waals surface area contributed by atoms with Crippen molar-refractivity contribution in [3.05, 3.63) is 29.3 Å². The summed E-state index contributed by atoms with van der Waals surface area (Å²) >= 11 is 0. The molecular formula is C14H24N2. The SMILES string of the molecule is Cc1ccc(N(C)CC(C)CCN)cc1C. The van der Waals surface area contributed by atoms with Gasteiger partial charge in [-0.2, -0.15) is 0 Å². The first kappa shape index (κ1) is 13.0. The van der Waals surface area contributed by atoms with E-state index in [1.807, 2.05) is 0 Å². The molecule has 2 heteroatoms. The van der Waals surface area contributed by atoms with Crippen LogP contribution in [0.15, 0.2) is 18.2 Å². The molecule has 0 bridgehead atoms. The van der Waals surface area contributed by atoms with Crippen molar-refractivity contribution in [2.75, 3.05) is 25.0 Å². The van der Waals surface area contributed by atoms with Crippen LogP contribution in [0.2, 0.25) is 0 Å². The Hall–Kier alpha value is -1.02. The van der Waals surface area contributed by atoms with Crippen molar-refractivity contribution in [2.45, 2.75) is 27.2 Å². The van der Waals surface area contributed by atoms with E-state index < -0.39 is 0 Å². The normalized spacial score (nSPS) is 12.6. The summed E-state index contributed by atoms with van der Waals surface area (Å²) < 4.78 is 0. The predicted octanol–water partition coefficient (Wildman–Crippen LogP) is 2.72. The number of benzene rings is 1. The van der Waals surface area contributed by atoms with Gasteiger partial charge in [0.15, 0.2) is 0 Å². The van der Waals surface area contributed by atoms with Gasteiger partial charge in [0.1, 0.15) is 0 Å². The van der Waals surface area contributed by atoms with Gasteiger partial charge in [0, 0.05) is 19.3 Å². The lowest BCUT2D eigenvalue weighted by Crippen LogP contribution is -2.25. The molecule has 0 heterocycles. The van der Waals surface area contributed by atoms with E-state index in [1.54, 1.807) is 0 Å². The second-order valence-corrected chi connectivity index (χ2v) is 4.83. The number of nitrogens with two attached hydrogens (primary N) is 1. The molecule has 2 N–H and O–H groups in total. The van der Waals surface area contributed by atoms with E-state index >= 15 is 0 Å². The van der Waals surface area contributed by atoms with E-state index in [4.69, 9.17) is 5.73 Å². The van der Waals surface area contributed by atoms with Gasteiger partial charge in [-0.1, -0.05) is 13.0 Å². The summed E-state index contributed by atoms with van der Waals surface area (Å²) in [6.45, 7) is 8.41. The van der Waals surface area contributed by atoms with Crippen LogP contribution in [0.4, 0.5) is 5.69 Å². The van der Waals surface area contributed by atoms with Gasteiger partial charge in [-0.05, 0) is 56.0 Å². The number of anilines is 1. The first-order valence-electron chi connectivity index (χ1n) is 6.03. The Morgan fingerprint density at radius 3 is 2.50 bits per heavy atom. The summed E-state index contributed by atoms with van der Waals surface area (Å²) in [6.07, 6.45) is 1.09. The van der Waals surface area contributed by atoms with E-state index in [2.05, 4.69) is 50.9 Å². The van der Waals surface area contributed by atoms with Crippen LogP contribution in [0.1, 0.15) is 24.5 Å². The Kier molecular flexibility index (Phi) is 4.81. The van der Waals surface area contributed by atoms with Gasteiger partial charge in [-0.25, -0.2) is 0 Å². The maximum Gasteiger partial charge on any atom is 0.0366 e. The average Bonchev–Trinajstić information content (AvgIpc) is 2.22. The van der Waals surface area contributed by atoms with Gasteiger partial charge in [0.25, 0.3) is 0 Å². The minimum Gasteiger partial charge on any atom is -0.374 e. The lowest BCUT2D eigenvalue weighted by atomic mass is 10.1. The Morgan fingerprint density at radius 2 is 1.94 bits per heavy atom. The van der Waals surface area contributed by atoms with Crippen LogP contribution in [0.25, 0.3) is 0 Å². The van der Waals surface area contributed by atoms with Crippen molar-refractivity contribution >= 4 is 5.69 Å². The summed E-state index contributed by atoms with van der Waals surface area (Å²) in [7, 11) is 2.15. The van der Waals surface area contributed by atoms with Gasteiger partial charge in [0.2, 0.25) is 0 Å². The zero-order valence-corrected chi connectivity index (χ0v) is 11.0. The Labute approximate surface area is 99.5 Å². The number of hydrogen-bond acceptors (Lipinski definition) is 2. The van der Waals surface area contributed by atoms with Gasteiger partial charge in [-0.15, -0.1) is 0 Å². The molecule has 1 atom stereocenters. The monoisotopic (exact) mass is 220 g/mol. The maximum absolute atomic E-state index is 5.57. The highest BCUT2D eigenvalue weighted by Crippen LogP contribution is 2.18. The van der Waals surface area contributed by atoms with Crippen molar-refractivity contribution in [3.63, 3.8) is 0 Å². The summed E-state index contributed by atoms with van der Waals surface area (Å²) in [4.78, 5) is 2.31. The fraction of sp³-hybridized carbons (Fsp3) is 0.571. The van der Waals surface area contributed by atoms with Crippen LogP contribution in [-0.4, -0.2) is 20.1 Å². The number of rotatable bonds is 5. The number of hydrogen-bond donors (Lipinski definition) is 1. The van der Waals surface area contributed by atoms with Crippen LogP contribution in [-0.2, 0) is 0 Å². The quantitative estimate of drug-likeness (QED) is 0.826. The molecule has 0 radical (unpaired) electrons. The summed E-state index contributed by atoms with van der Waals surface area (Å²) in [5, 5.41) is 0. The van der Waals surface area contributed by atoms with Crippen molar-refractivity contribution in [1.82, 2.24) is 0 Å². The predicted molar refractivity (Wildman–Crippen MR) is 72.0 cm³/mol. The second-order valence-electron chi connectivity index (χ2n) is 4.83. The third-order valence-corrected chi connectivity index (χ3v) is 3.18. The van der Waals surface area contributed by atoms with Gasteiger partial charge in [-0.3, -0.25) is 0 Å². The smallest absolute Gasteiger partial charge is 0.0366 e. The molecule has 1 aromatic carbocycles. The molecular weight excluding hydrogens is 196 g/mol. The molecule has 0 aliphatic heterocycles. The summed E-state index contributed by atoms with van der Waals surface area (Å²) in [5.74, 6) is 0.650. The lowest BCUT2D eigenvalue weighted by molar-refractivity contribution is 0.539. The molecule has 0 spiro atoms. The molecule has 0 aliphatic carbocycles. The number of nitrogens with zero attached hydrogens (tertiary/aromatic N) is 1. The molecule has 0 saturated carbocycles. The van der Waals surface area contributed by atoms with Crippen molar-refractivity contribution in [2.24, 2.45) is 11.7 Å². The van der Waals surface area contributed by atoms with E-state index in [0.29, 0.717) is 5.92 Å². The summed E-state index contributed by atoms with van der Waals surface area (Å²) in [6, 6.07) is 6.64. The van der Waals surface area contributed by atoms with Crippen molar-refractivity contribution in [1.29, 1.82) is 0 Å². The molecule has 90 valence electrons. The van der Waals surface area contributed by atoms with E-state index in [0.717, 1.165) is 19.5 Å². The molecule has 0 amide bonds. The Bertz CT molecular complexity index is 334. The molecule has 1 rings (SSSR count). The molecule has 1 aromatic rings. The highest BCUT2D eigenvalue weighted by Gasteiger charge is 2.07. The zero-order chi connectivity index (χ0) is 12.1. The average molecular weight is 220 g/mol. The number of aryl methyl sites for hydroxylation is 2. The third kappa shape index (κ3) is 3.53. The van der Waals surface area contributed by atoms with E-state index in [-0.39, 0.29) is 0 Å². The molecule has 0 fully saturated rings. The molecule has 0 aromatic heterocycles. The highest BCUT2D eigenvalue weighted by molar-refractivity contribution is 5.49. The van der Waals surface area contributed by atoms with Gasteiger partial charge < -0.3 is 10.6 Å². The van der Waals surface area contributed by atoms with Crippen molar-refractivity contribution in [3.8, 4) is 0 Å². The van der Waals surface area contributed by atoms with Crippen LogP contribution < -0.4 is 10.6 Å². The fourth-order valence-corrected chi connectivity index (χ4v) is 1.91. The lowest BCUT2D eigenvalue weighted by Gasteiger charge is -2.24. The molecule has 0 aliphatic rings. The third-order valence-electron chi connectivity index (χ3n) is 3.18. The second kappa shape index (κ2) is 5.90. The minimum absolute atomic E-state index is 0.650. The molecule has 2 nitrogen and oxygen atoms in total. The molecule has 0 saturated heterocycles. The zero-order valence-electron chi connectivity index (χ0n) is 11.0. The van der Waals surface area contributed by atoms with Crippen LogP contribution in [0.5, 0.6) is 0 Å². The molecule has 1 unspecified atom stereocenters. The first-order valence-corrected chi connectivity index (χ1v) is 6.03. The van der Waals surface area contributed by atoms with Crippen LogP contribution >= 0.6 is 0 Å². The first-order chi connectivity index (χ1) is 7.54. The topological polar surface area (TPSA) is 29.3 Å². The van der Waals surface area contributed by atoms with Crippen LogP contribution in [0.3, 0.4) is 0 Å². The Morgan fingerprint density at radius 1 is 1.25 bits per heavy atom. The standard InChI is InChI=1S/C14H24N2/c1-11(7-8-15)10-16(4)14-6-5-12(2)13(3)9-14/h5-6,9,11H,7-8,10,15H2,1-4H3. The van der Waals surface area contributed by atoms with Gasteiger partial charge >= 0.3 is 0 Å². The highest BCUT2D eigenvalue weighted by atomic mass is 15.1. The van der Waals surface area contributed by atoms with Crippen LogP contribution in [0, 0.1) is 19.8 Å². The van der Waals surface area contributed by atoms with E-state index in [9.17, 15) is 0 Å². The van der Waals surface area contributed by atoms with Gasteiger partial charge in [0.05, 0.1) is 0 Å². The van der Waals surface area contributed by atoms with E-state index in [1.165, 1.54) is 16.8 Å². The maximum atomic E-state index is 5.57.